The van der Waals surface area contributed by atoms with Gasteiger partial charge in [-0.3, -0.25) is 0 Å². The molecule has 0 fully saturated rings. The highest BCUT2D eigenvalue weighted by Gasteiger charge is 2.06. The molecule has 0 saturated carbocycles. The number of aromatic nitrogens is 6. The summed E-state index contributed by atoms with van der Waals surface area (Å²) in [5, 5.41) is 11.9. The van der Waals surface area contributed by atoms with Crippen LogP contribution >= 0.6 is 0 Å². The van der Waals surface area contributed by atoms with Gasteiger partial charge in [0.2, 0.25) is 0 Å². The van der Waals surface area contributed by atoms with Gasteiger partial charge in [0.15, 0.2) is 0 Å². The van der Waals surface area contributed by atoms with Crippen LogP contribution in [-0.4, -0.2) is 29.4 Å². The van der Waals surface area contributed by atoms with Gasteiger partial charge in [-0.05, 0) is 19.1 Å². The van der Waals surface area contributed by atoms with Crippen molar-refractivity contribution in [2.24, 2.45) is 0 Å². The monoisotopic (exact) mass is 305 g/mol. The van der Waals surface area contributed by atoms with Gasteiger partial charge in [0, 0.05) is 30.1 Å². The Hall–Kier alpha value is -3.22. The Bertz CT molecular complexity index is 939. The van der Waals surface area contributed by atoms with Crippen LogP contribution < -0.4 is 5.32 Å². The average molecular weight is 305 g/mol. The smallest absolute Gasteiger partial charge is 0.254 e. The van der Waals surface area contributed by atoms with Crippen LogP contribution in [0.5, 0.6) is 0 Å². The van der Waals surface area contributed by atoms with Gasteiger partial charge in [0.05, 0.1) is 11.9 Å². The lowest BCUT2D eigenvalue weighted by Crippen LogP contribution is -2.06. The second-order valence-electron chi connectivity index (χ2n) is 5.24. The third-order valence-corrected chi connectivity index (χ3v) is 3.51. The molecule has 0 aliphatic carbocycles. The number of anilines is 1. The van der Waals surface area contributed by atoms with Crippen molar-refractivity contribution in [1.29, 1.82) is 0 Å². The topological polar surface area (TPSA) is 72.9 Å². The normalized spacial score (nSPS) is 11.0. The number of hydrogen-bond donors (Lipinski definition) is 1. The zero-order chi connectivity index (χ0) is 15.6. The third kappa shape index (κ3) is 2.64. The molecule has 0 aliphatic heterocycles. The zero-order valence-corrected chi connectivity index (χ0v) is 12.6. The molecule has 0 aliphatic rings. The molecular formula is C16H15N7. The van der Waals surface area contributed by atoms with Gasteiger partial charge in [-0.25, -0.2) is 9.67 Å². The van der Waals surface area contributed by atoms with Crippen LogP contribution in [0.25, 0.3) is 11.5 Å². The number of benzene rings is 1. The van der Waals surface area contributed by atoms with Gasteiger partial charge < -0.3 is 5.32 Å². The third-order valence-electron chi connectivity index (χ3n) is 3.51. The lowest BCUT2D eigenvalue weighted by atomic mass is 10.3. The summed E-state index contributed by atoms with van der Waals surface area (Å²) in [7, 11) is 0. The summed E-state index contributed by atoms with van der Waals surface area (Å²) >= 11 is 0. The summed E-state index contributed by atoms with van der Waals surface area (Å²) in [6.45, 7) is 2.58. The van der Waals surface area contributed by atoms with Crippen LogP contribution in [0.15, 0.2) is 55.1 Å². The van der Waals surface area contributed by atoms with Crippen molar-refractivity contribution in [3.05, 3.63) is 66.4 Å². The number of aryl methyl sites for hydroxylation is 1. The van der Waals surface area contributed by atoms with Crippen molar-refractivity contribution >= 4 is 11.6 Å². The number of para-hydroxylation sites is 1. The fourth-order valence-electron chi connectivity index (χ4n) is 2.42. The van der Waals surface area contributed by atoms with Crippen LogP contribution in [0.3, 0.4) is 0 Å². The molecule has 3 aromatic heterocycles. The van der Waals surface area contributed by atoms with Gasteiger partial charge in [-0.1, -0.05) is 18.2 Å². The Kier molecular flexibility index (Phi) is 3.23. The van der Waals surface area contributed by atoms with Crippen LogP contribution in [0.4, 0.5) is 5.82 Å². The van der Waals surface area contributed by atoms with Crippen LogP contribution in [0.1, 0.15) is 11.3 Å². The fraction of sp³-hybridized carbons (Fsp3) is 0.125. The molecule has 0 spiro atoms. The highest BCUT2D eigenvalue weighted by atomic mass is 15.4. The maximum Gasteiger partial charge on any atom is 0.254 e. The van der Waals surface area contributed by atoms with Gasteiger partial charge in [0.25, 0.3) is 5.78 Å². The highest BCUT2D eigenvalue weighted by molar-refractivity contribution is 5.45. The van der Waals surface area contributed by atoms with E-state index in [4.69, 9.17) is 0 Å². The Morgan fingerprint density at radius 1 is 1.13 bits per heavy atom. The Balaban J connectivity index is 1.55. The number of nitrogens with one attached hydrogen (secondary N) is 1. The quantitative estimate of drug-likeness (QED) is 0.626. The fourth-order valence-corrected chi connectivity index (χ4v) is 2.42. The first-order chi connectivity index (χ1) is 11.3. The molecule has 1 N–H and O–H groups in total. The summed E-state index contributed by atoms with van der Waals surface area (Å²) in [4.78, 5) is 8.45. The minimum absolute atomic E-state index is 0.590. The lowest BCUT2D eigenvalue weighted by molar-refractivity contribution is 0.879. The van der Waals surface area contributed by atoms with Crippen molar-refractivity contribution in [2.45, 2.75) is 13.5 Å². The van der Waals surface area contributed by atoms with E-state index in [0.29, 0.717) is 12.3 Å². The van der Waals surface area contributed by atoms with E-state index >= 15 is 0 Å². The van der Waals surface area contributed by atoms with E-state index in [9.17, 15) is 0 Å². The summed E-state index contributed by atoms with van der Waals surface area (Å²) < 4.78 is 3.55. The molecule has 0 unspecified atom stereocenters. The Morgan fingerprint density at radius 2 is 2.00 bits per heavy atom. The van der Waals surface area contributed by atoms with Gasteiger partial charge in [-0.15, -0.1) is 0 Å². The number of rotatable bonds is 4. The maximum atomic E-state index is 4.40. The molecule has 0 atom stereocenters. The van der Waals surface area contributed by atoms with Gasteiger partial charge >= 0.3 is 0 Å². The number of nitrogens with zero attached hydrogens (tertiary/aromatic N) is 6. The van der Waals surface area contributed by atoms with Crippen LogP contribution in [0.2, 0.25) is 0 Å². The first kappa shape index (κ1) is 13.4. The minimum atomic E-state index is 0.590. The molecule has 114 valence electrons. The van der Waals surface area contributed by atoms with E-state index in [1.54, 1.807) is 4.52 Å². The second kappa shape index (κ2) is 5.53. The standard InChI is InChI=1S/C16H15N7/c1-12-7-15(23-16(21-12)18-11-20-23)17-8-13-9-19-22(10-13)14-5-3-2-4-6-14/h2-7,9-11,17H,8H2,1H3. The predicted molar refractivity (Wildman–Crippen MR) is 86.4 cm³/mol. The molecule has 0 bridgehead atoms. The minimum Gasteiger partial charge on any atom is -0.366 e. The van der Waals surface area contributed by atoms with Gasteiger partial charge in [0.1, 0.15) is 12.1 Å². The summed E-state index contributed by atoms with van der Waals surface area (Å²) in [6, 6.07) is 12.0. The first-order valence-electron chi connectivity index (χ1n) is 7.30. The molecular weight excluding hydrogens is 290 g/mol. The summed E-state index contributed by atoms with van der Waals surface area (Å²) in [5.74, 6) is 1.45. The van der Waals surface area contributed by atoms with E-state index < -0.39 is 0 Å². The Labute approximate surface area is 132 Å². The average Bonchev–Trinajstić information content (AvgIpc) is 3.22. The molecule has 0 amide bonds. The highest BCUT2D eigenvalue weighted by Crippen LogP contribution is 2.13. The van der Waals surface area contributed by atoms with Crippen molar-refractivity contribution in [3.63, 3.8) is 0 Å². The van der Waals surface area contributed by atoms with Crippen LogP contribution in [-0.2, 0) is 6.54 Å². The molecule has 0 radical (unpaired) electrons. The van der Waals surface area contributed by atoms with Crippen molar-refractivity contribution in [2.75, 3.05) is 5.32 Å². The molecule has 23 heavy (non-hydrogen) atoms. The number of fused-ring (bicyclic) bond motifs is 1. The van der Waals surface area contributed by atoms with Crippen LogP contribution in [0, 0.1) is 6.92 Å². The maximum absolute atomic E-state index is 4.40. The lowest BCUT2D eigenvalue weighted by Gasteiger charge is -2.07. The summed E-state index contributed by atoms with van der Waals surface area (Å²) in [6.07, 6.45) is 5.36. The molecule has 4 aromatic rings. The first-order valence-corrected chi connectivity index (χ1v) is 7.30. The van der Waals surface area contributed by atoms with E-state index in [0.717, 1.165) is 22.8 Å². The van der Waals surface area contributed by atoms with E-state index in [1.165, 1.54) is 6.33 Å². The Morgan fingerprint density at radius 3 is 2.87 bits per heavy atom. The molecule has 4 rings (SSSR count). The predicted octanol–water partition coefficient (Wildman–Crippen LogP) is 2.23. The van der Waals surface area contributed by atoms with E-state index in [2.05, 4.69) is 25.5 Å². The van der Waals surface area contributed by atoms with E-state index in [-0.39, 0.29) is 0 Å². The van der Waals surface area contributed by atoms with Gasteiger partial charge in [-0.2, -0.15) is 19.7 Å². The largest absolute Gasteiger partial charge is 0.366 e. The van der Waals surface area contributed by atoms with Crippen molar-refractivity contribution in [1.82, 2.24) is 29.4 Å². The zero-order valence-electron chi connectivity index (χ0n) is 12.6. The molecule has 0 saturated heterocycles. The molecule has 7 nitrogen and oxygen atoms in total. The molecule has 1 aromatic carbocycles. The summed E-state index contributed by atoms with van der Waals surface area (Å²) in [5.41, 5.74) is 3.02. The SMILES string of the molecule is Cc1cc(NCc2cnn(-c3ccccc3)c2)n2ncnc2n1. The second-order valence-corrected chi connectivity index (χ2v) is 5.24. The van der Waals surface area contributed by atoms with Crippen molar-refractivity contribution in [3.8, 4) is 5.69 Å². The number of hydrogen-bond acceptors (Lipinski definition) is 5. The molecule has 3 heterocycles. The van der Waals surface area contributed by atoms with E-state index in [1.807, 2.05) is 60.4 Å². The van der Waals surface area contributed by atoms with Crippen molar-refractivity contribution < 1.29 is 0 Å². The molecule has 7 heteroatoms.